The highest BCUT2D eigenvalue weighted by atomic mass is 32.2. The van der Waals surface area contributed by atoms with Crippen molar-refractivity contribution in [2.24, 2.45) is 0 Å². The summed E-state index contributed by atoms with van der Waals surface area (Å²) in [5, 5.41) is 7.46. The highest BCUT2D eigenvalue weighted by molar-refractivity contribution is 7.98. The molecule has 0 bridgehead atoms. The number of thioether (sulfide) groups is 1. The van der Waals surface area contributed by atoms with Crippen molar-refractivity contribution in [3.63, 3.8) is 0 Å². The zero-order chi connectivity index (χ0) is 25.6. The smallest absolute Gasteiger partial charge is 0.321 e. The molecule has 0 saturated carbocycles. The van der Waals surface area contributed by atoms with Gasteiger partial charge in [0.15, 0.2) is 0 Å². The molecule has 9 heteroatoms. The number of carbonyl (C=O) groups excluding carboxylic acids is 1. The average Bonchev–Trinajstić information content (AvgIpc) is 2.93. The summed E-state index contributed by atoms with van der Waals surface area (Å²) in [4.78, 5) is 35.2. The Hall–Kier alpha value is -4.11. The number of benzene rings is 2. The lowest BCUT2D eigenvalue weighted by molar-refractivity contribution is 0.208. The van der Waals surface area contributed by atoms with Crippen LogP contribution >= 0.6 is 11.8 Å². The van der Waals surface area contributed by atoms with Crippen molar-refractivity contribution < 1.29 is 4.79 Å². The monoisotopic (exact) mass is 512 g/mol. The first kappa shape index (κ1) is 24.6. The summed E-state index contributed by atoms with van der Waals surface area (Å²) >= 11 is 1.53. The van der Waals surface area contributed by atoms with Gasteiger partial charge in [-0.2, -0.15) is 9.78 Å². The van der Waals surface area contributed by atoms with Crippen molar-refractivity contribution in [2.75, 3.05) is 36.4 Å². The number of rotatable bonds is 6. The Kier molecular flexibility index (Phi) is 7.51. The molecule has 0 unspecified atom stereocenters. The van der Waals surface area contributed by atoms with Crippen LogP contribution in [0.1, 0.15) is 11.3 Å². The van der Waals surface area contributed by atoms with Crippen LogP contribution in [0.15, 0.2) is 94.9 Å². The molecule has 1 aliphatic heterocycles. The van der Waals surface area contributed by atoms with Gasteiger partial charge >= 0.3 is 6.03 Å². The van der Waals surface area contributed by atoms with Crippen LogP contribution in [0, 0.1) is 6.92 Å². The van der Waals surface area contributed by atoms with Crippen molar-refractivity contribution in [3.8, 4) is 5.69 Å². The maximum atomic E-state index is 13.6. The number of pyridine rings is 1. The zero-order valence-electron chi connectivity index (χ0n) is 20.6. The fourth-order valence-corrected chi connectivity index (χ4v) is 5.29. The molecular weight excluding hydrogens is 484 g/mol. The summed E-state index contributed by atoms with van der Waals surface area (Å²) in [5.74, 6) is 0.676. The van der Waals surface area contributed by atoms with Crippen molar-refractivity contribution in [3.05, 3.63) is 107 Å². The van der Waals surface area contributed by atoms with Gasteiger partial charge in [0.1, 0.15) is 4.90 Å². The van der Waals surface area contributed by atoms with E-state index in [1.165, 1.54) is 16.4 Å². The van der Waals surface area contributed by atoms with E-state index in [4.69, 9.17) is 0 Å². The van der Waals surface area contributed by atoms with Crippen LogP contribution in [0.25, 0.3) is 5.69 Å². The van der Waals surface area contributed by atoms with E-state index in [1.54, 1.807) is 23.4 Å². The number of aryl methyl sites for hydroxylation is 1. The topological polar surface area (TPSA) is 83.4 Å². The van der Waals surface area contributed by atoms with Gasteiger partial charge in [-0.15, -0.1) is 11.8 Å². The Morgan fingerprint density at radius 2 is 1.68 bits per heavy atom. The second-order valence-corrected chi connectivity index (χ2v) is 9.76. The zero-order valence-corrected chi connectivity index (χ0v) is 21.4. The number of hydrogen-bond acceptors (Lipinski definition) is 6. The minimum atomic E-state index is -0.141. The molecule has 0 atom stereocenters. The molecule has 1 saturated heterocycles. The quantitative estimate of drug-likeness (QED) is 0.381. The van der Waals surface area contributed by atoms with E-state index < -0.39 is 0 Å². The third-order valence-corrected chi connectivity index (χ3v) is 7.35. The predicted octanol–water partition coefficient (Wildman–Crippen LogP) is 4.58. The number of nitrogens with zero attached hydrogens (tertiary/aromatic N) is 5. The minimum absolute atomic E-state index is 0.137. The number of urea groups is 1. The standard InChI is InChI=1S/C28H28N6O2S/c1-21-18-23(12-13-29-21)31-28(36)33-16-14-32(15-17-33)25-19-30-34(24-10-6-3-7-11-24)27(35)26(25)37-20-22-8-4-2-5-9-22/h2-13,18-19H,14-17,20H2,1H3,(H,29,31,36). The average molecular weight is 513 g/mol. The van der Waals surface area contributed by atoms with Crippen LogP contribution in [0.4, 0.5) is 16.2 Å². The van der Waals surface area contributed by atoms with Gasteiger partial charge in [-0.25, -0.2) is 4.79 Å². The summed E-state index contributed by atoms with van der Waals surface area (Å²) < 4.78 is 1.46. The molecule has 3 heterocycles. The maximum absolute atomic E-state index is 13.6. The second kappa shape index (κ2) is 11.3. The number of piperazine rings is 1. The number of aromatic nitrogens is 3. The van der Waals surface area contributed by atoms with Gasteiger partial charge in [-0.1, -0.05) is 48.5 Å². The summed E-state index contributed by atoms with van der Waals surface area (Å²) in [6.45, 7) is 4.19. The lowest BCUT2D eigenvalue weighted by atomic mass is 10.2. The van der Waals surface area contributed by atoms with E-state index in [0.29, 0.717) is 36.8 Å². The molecule has 2 amide bonds. The molecule has 8 nitrogen and oxygen atoms in total. The van der Waals surface area contributed by atoms with Gasteiger partial charge in [0, 0.05) is 49.5 Å². The predicted molar refractivity (Wildman–Crippen MR) is 148 cm³/mol. The van der Waals surface area contributed by atoms with Crippen LogP contribution in [-0.4, -0.2) is 51.9 Å². The molecule has 0 spiro atoms. The molecule has 5 rings (SSSR count). The fourth-order valence-electron chi connectivity index (χ4n) is 4.25. The number of carbonyl (C=O) groups is 1. The summed E-state index contributed by atoms with van der Waals surface area (Å²) in [7, 11) is 0. The van der Waals surface area contributed by atoms with Crippen LogP contribution in [0.2, 0.25) is 0 Å². The lowest BCUT2D eigenvalue weighted by Crippen LogP contribution is -2.50. The Labute approximate surface area is 220 Å². The van der Waals surface area contributed by atoms with Gasteiger partial charge in [0.2, 0.25) is 0 Å². The van der Waals surface area contributed by atoms with E-state index >= 15 is 0 Å². The Bertz CT molecular complexity index is 1420. The number of amides is 2. The molecule has 188 valence electrons. The number of anilines is 2. The van der Waals surface area contributed by atoms with Crippen molar-refractivity contribution in [1.82, 2.24) is 19.7 Å². The van der Waals surface area contributed by atoms with Crippen LogP contribution in [-0.2, 0) is 5.75 Å². The van der Waals surface area contributed by atoms with E-state index in [2.05, 4.69) is 32.4 Å². The lowest BCUT2D eigenvalue weighted by Gasteiger charge is -2.36. The number of nitrogens with one attached hydrogen (secondary N) is 1. The molecule has 1 aliphatic rings. The van der Waals surface area contributed by atoms with Crippen LogP contribution in [0.3, 0.4) is 0 Å². The Morgan fingerprint density at radius 3 is 2.38 bits per heavy atom. The highest BCUT2D eigenvalue weighted by Gasteiger charge is 2.25. The largest absolute Gasteiger partial charge is 0.366 e. The van der Waals surface area contributed by atoms with Gasteiger partial charge in [0.25, 0.3) is 5.56 Å². The third-order valence-electron chi connectivity index (χ3n) is 6.20. The first-order chi connectivity index (χ1) is 18.1. The SMILES string of the molecule is Cc1cc(NC(=O)N2CCN(c3cnn(-c4ccccc4)c(=O)c3SCc3ccccc3)CC2)ccn1. The first-order valence-corrected chi connectivity index (χ1v) is 13.1. The summed E-state index contributed by atoms with van der Waals surface area (Å²) in [6, 6.07) is 23.1. The molecule has 2 aromatic carbocycles. The molecular formula is C28H28N6O2S. The first-order valence-electron chi connectivity index (χ1n) is 12.2. The van der Waals surface area contributed by atoms with Crippen molar-refractivity contribution >= 4 is 29.2 Å². The normalized spacial score (nSPS) is 13.4. The molecule has 0 aliphatic carbocycles. The molecule has 2 aromatic heterocycles. The maximum Gasteiger partial charge on any atom is 0.321 e. The fraction of sp³-hybridized carbons (Fsp3) is 0.214. The third kappa shape index (κ3) is 5.83. The Morgan fingerprint density at radius 1 is 0.973 bits per heavy atom. The molecule has 4 aromatic rings. The van der Waals surface area contributed by atoms with Gasteiger partial charge in [-0.3, -0.25) is 9.78 Å². The van der Waals surface area contributed by atoms with Gasteiger partial charge in [0.05, 0.1) is 17.6 Å². The van der Waals surface area contributed by atoms with E-state index in [0.717, 1.165) is 28.3 Å². The van der Waals surface area contributed by atoms with Crippen molar-refractivity contribution in [2.45, 2.75) is 17.6 Å². The van der Waals surface area contributed by atoms with E-state index in [9.17, 15) is 9.59 Å². The summed E-state index contributed by atoms with van der Waals surface area (Å²) in [5.41, 5.74) is 4.12. The Balaban J connectivity index is 1.35. The second-order valence-electron chi connectivity index (χ2n) is 8.78. The van der Waals surface area contributed by atoms with Gasteiger partial charge < -0.3 is 15.1 Å². The number of hydrogen-bond donors (Lipinski definition) is 1. The van der Waals surface area contributed by atoms with Crippen molar-refractivity contribution in [1.29, 1.82) is 0 Å². The minimum Gasteiger partial charge on any atom is -0.366 e. The number of para-hydroxylation sites is 1. The molecule has 1 fully saturated rings. The van der Waals surface area contributed by atoms with Crippen LogP contribution < -0.4 is 15.8 Å². The highest BCUT2D eigenvalue weighted by Crippen LogP contribution is 2.30. The van der Waals surface area contributed by atoms with Gasteiger partial charge in [-0.05, 0) is 36.8 Å². The van der Waals surface area contributed by atoms with E-state index in [-0.39, 0.29) is 11.6 Å². The summed E-state index contributed by atoms with van der Waals surface area (Å²) in [6.07, 6.45) is 3.46. The van der Waals surface area contributed by atoms with E-state index in [1.807, 2.05) is 61.5 Å². The molecule has 0 radical (unpaired) electrons. The molecule has 1 N–H and O–H groups in total. The molecule has 37 heavy (non-hydrogen) atoms. The van der Waals surface area contributed by atoms with Crippen LogP contribution in [0.5, 0.6) is 0 Å².